The van der Waals surface area contributed by atoms with Gasteiger partial charge in [0.1, 0.15) is 0 Å². The molecule has 0 aliphatic carbocycles. The average Bonchev–Trinajstić information content (AvgIpc) is 2.94. The molecule has 134 valence electrons. The summed E-state index contributed by atoms with van der Waals surface area (Å²) in [7, 11) is 0. The van der Waals surface area contributed by atoms with Crippen molar-refractivity contribution in [1.29, 1.82) is 5.26 Å². The van der Waals surface area contributed by atoms with E-state index in [2.05, 4.69) is 26.6 Å². The highest BCUT2D eigenvalue weighted by atomic mass is 79.9. The number of hydrogen-bond donors (Lipinski definition) is 0. The first kappa shape index (κ1) is 18.6. The van der Waals surface area contributed by atoms with Crippen molar-refractivity contribution in [3.05, 3.63) is 91.7 Å². The first-order valence-corrected chi connectivity index (χ1v) is 9.01. The minimum atomic E-state index is -0.453. The molecule has 3 aromatic rings. The minimum Gasteiger partial charge on any atom is -0.318 e. The molecule has 0 spiro atoms. The van der Waals surface area contributed by atoms with Gasteiger partial charge in [0.15, 0.2) is 0 Å². The van der Waals surface area contributed by atoms with Gasteiger partial charge in [-0.3, -0.25) is 10.1 Å². The monoisotopic (exact) mass is 421 g/mol. The Kier molecular flexibility index (Phi) is 5.24. The second kappa shape index (κ2) is 7.60. The molecule has 0 fully saturated rings. The number of non-ortho nitro benzene ring substituents is 1. The Bertz CT molecular complexity index is 1070. The molecule has 1 aromatic heterocycles. The van der Waals surface area contributed by atoms with Crippen LogP contribution in [0.4, 0.5) is 5.69 Å². The van der Waals surface area contributed by atoms with E-state index in [9.17, 15) is 15.4 Å². The van der Waals surface area contributed by atoms with Crippen LogP contribution in [0.2, 0.25) is 0 Å². The molecule has 0 amide bonds. The molecule has 0 saturated heterocycles. The van der Waals surface area contributed by atoms with Crippen molar-refractivity contribution in [1.82, 2.24) is 4.57 Å². The van der Waals surface area contributed by atoms with Gasteiger partial charge in [-0.05, 0) is 73.5 Å². The van der Waals surface area contributed by atoms with E-state index < -0.39 is 4.92 Å². The van der Waals surface area contributed by atoms with Crippen molar-refractivity contribution in [2.24, 2.45) is 0 Å². The van der Waals surface area contributed by atoms with Crippen LogP contribution in [-0.2, 0) is 0 Å². The van der Waals surface area contributed by atoms with Crippen LogP contribution >= 0.6 is 15.9 Å². The maximum Gasteiger partial charge on any atom is 0.269 e. The first-order chi connectivity index (χ1) is 12.9. The fourth-order valence-electron chi connectivity index (χ4n) is 3.02. The van der Waals surface area contributed by atoms with E-state index in [0.717, 1.165) is 27.1 Å². The van der Waals surface area contributed by atoms with E-state index in [4.69, 9.17) is 0 Å². The summed E-state index contributed by atoms with van der Waals surface area (Å²) in [4.78, 5) is 10.4. The van der Waals surface area contributed by atoms with Crippen molar-refractivity contribution < 1.29 is 4.92 Å². The van der Waals surface area contributed by atoms with Crippen LogP contribution in [0, 0.1) is 35.3 Å². The third-order valence-electron chi connectivity index (χ3n) is 4.36. The molecule has 27 heavy (non-hydrogen) atoms. The molecule has 5 nitrogen and oxygen atoms in total. The Hall–Kier alpha value is -3.17. The Morgan fingerprint density at radius 1 is 1.15 bits per heavy atom. The van der Waals surface area contributed by atoms with Crippen LogP contribution < -0.4 is 0 Å². The molecule has 0 aliphatic heterocycles. The van der Waals surface area contributed by atoms with Crippen molar-refractivity contribution in [3.8, 4) is 11.8 Å². The lowest BCUT2D eigenvalue weighted by molar-refractivity contribution is -0.384. The van der Waals surface area contributed by atoms with E-state index >= 15 is 0 Å². The summed E-state index contributed by atoms with van der Waals surface area (Å²) in [5, 5.41) is 20.4. The van der Waals surface area contributed by atoms with E-state index in [-0.39, 0.29) is 5.69 Å². The van der Waals surface area contributed by atoms with Crippen LogP contribution in [0.1, 0.15) is 22.5 Å². The zero-order valence-corrected chi connectivity index (χ0v) is 16.4. The predicted molar refractivity (Wildman–Crippen MR) is 110 cm³/mol. The first-order valence-electron chi connectivity index (χ1n) is 8.22. The Morgan fingerprint density at radius 2 is 1.78 bits per heavy atom. The number of aryl methyl sites for hydroxylation is 1. The lowest BCUT2D eigenvalue weighted by atomic mass is 10.0. The smallest absolute Gasteiger partial charge is 0.269 e. The largest absolute Gasteiger partial charge is 0.318 e. The molecule has 0 bridgehead atoms. The van der Waals surface area contributed by atoms with Crippen molar-refractivity contribution in [2.75, 3.05) is 0 Å². The minimum absolute atomic E-state index is 0.00413. The van der Waals surface area contributed by atoms with E-state index in [1.807, 2.05) is 50.3 Å². The number of nitro benzene ring substituents is 1. The molecule has 0 radical (unpaired) electrons. The lowest BCUT2D eigenvalue weighted by Crippen LogP contribution is -1.98. The molecule has 0 aliphatic rings. The van der Waals surface area contributed by atoms with Crippen LogP contribution in [0.3, 0.4) is 0 Å². The number of rotatable bonds is 4. The Labute approximate surface area is 165 Å². The normalized spacial score (nSPS) is 11.3. The van der Waals surface area contributed by atoms with E-state index in [1.54, 1.807) is 12.1 Å². The number of nitrogens with zero attached hydrogens (tertiary/aromatic N) is 3. The van der Waals surface area contributed by atoms with E-state index in [1.165, 1.54) is 12.1 Å². The van der Waals surface area contributed by atoms with Crippen LogP contribution in [0.25, 0.3) is 17.3 Å². The van der Waals surface area contributed by atoms with Gasteiger partial charge in [0.25, 0.3) is 5.69 Å². The second-order valence-electron chi connectivity index (χ2n) is 6.11. The second-order valence-corrected chi connectivity index (χ2v) is 7.03. The average molecular weight is 422 g/mol. The van der Waals surface area contributed by atoms with Crippen molar-refractivity contribution >= 4 is 33.3 Å². The number of hydrogen-bond acceptors (Lipinski definition) is 3. The summed E-state index contributed by atoms with van der Waals surface area (Å²) in [6.45, 7) is 4.02. The number of halogens is 1. The highest BCUT2D eigenvalue weighted by molar-refractivity contribution is 9.10. The molecular formula is C21H16BrN3O2. The third kappa shape index (κ3) is 3.83. The molecule has 0 saturated carbocycles. The number of nitriles is 1. The van der Waals surface area contributed by atoms with Crippen LogP contribution in [-0.4, -0.2) is 9.49 Å². The molecule has 2 aromatic carbocycles. The topological polar surface area (TPSA) is 71.9 Å². The van der Waals surface area contributed by atoms with Crippen molar-refractivity contribution in [3.63, 3.8) is 0 Å². The van der Waals surface area contributed by atoms with Crippen molar-refractivity contribution in [2.45, 2.75) is 13.8 Å². The molecule has 6 heteroatoms. The number of nitro groups is 1. The van der Waals surface area contributed by atoms with Gasteiger partial charge in [-0.2, -0.15) is 5.26 Å². The fraction of sp³-hybridized carbons (Fsp3) is 0.0952. The highest BCUT2D eigenvalue weighted by Crippen LogP contribution is 2.26. The van der Waals surface area contributed by atoms with Crippen LogP contribution in [0.15, 0.2) is 59.1 Å². The summed E-state index contributed by atoms with van der Waals surface area (Å²) in [5.74, 6) is 0. The number of aromatic nitrogens is 1. The zero-order valence-electron chi connectivity index (χ0n) is 14.8. The standard InChI is InChI=1S/C21H16BrN3O2/c1-14-11-17(15(2)24(14)20-9-5-19(22)6-10-20)12-18(13-23)16-3-7-21(8-4-16)25(26)27/h3-12H,1-2H3/b18-12+. The SMILES string of the molecule is Cc1cc(/C=C(\C#N)c2ccc([N+](=O)[O-])cc2)c(C)n1-c1ccc(Br)cc1. The molecule has 0 atom stereocenters. The summed E-state index contributed by atoms with van der Waals surface area (Å²) >= 11 is 3.45. The van der Waals surface area contributed by atoms with Gasteiger partial charge >= 0.3 is 0 Å². The third-order valence-corrected chi connectivity index (χ3v) is 4.89. The van der Waals surface area contributed by atoms with Gasteiger partial charge in [0.05, 0.1) is 16.6 Å². The molecule has 0 unspecified atom stereocenters. The highest BCUT2D eigenvalue weighted by Gasteiger charge is 2.12. The zero-order chi connectivity index (χ0) is 19.6. The molecule has 1 heterocycles. The van der Waals surface area contributed by atoms with Gasteiger partial charge in [0, 0.05) is 33.7 Å². The summed E-state index contributed by atoms with van der Waals surface area (Å²) < 4.78 is 3.14. The van der Waals surface area contributed by atoms with Gasteiger partial charge in [-0.15, -0.1) is 0 Å². The lowest BCUT2D eigenvalue weighted by Gasteiger charge is -2.09. The van der Waals surface area contributed by atoms with Gasteiger partial charge in [-0.1, -0.05) is 15.9 Å². The summed E-state index contributed by atoms with van der Waals surface area (Å²) in [6, 6.07) is 18.3. The number of benzene rings is 2. The van der Waals surface area contributed by atoms with Gasteiger partial charge in [-0.25, -0.2) is 0 Å². The maximum absolute atomic E-state index is 10.8. The Morgan fingerprint density at radius 3 is 2.33 bits per heavy atom. The molecular weight excluding hydrogens is 406 g/mol. The van der Waals surface area contributed by atoms with Crippen LogP contribution in [0.5, 0.6) is 0 Å². The summed E-state index contributed by atoms with van der Waals surface area (Å²) in [5.41, 5.74) is 5.17. The van der Waals surface area contributed by atoms with Gasteiger partial charge < -0.3 is 4.57 Å². The molecule has 0 N–H and O–H groups in total. The summed E-state index contributed by atoms with van der Waals surface area (Å²) in [6.07, 6.45) is 1.82. The Balaban J connectivity index is 2.03. The van der Waals surface area contributed by atoms with E-state index in [0.29, 0.717) is 11.1 Å². The fourth-order valence-corrected chi connectivity index (χ4v) is 3.28. The van der Waals surface area contributed by atoms with Gasteiger partial charge in [0.2, 0.25) is 0 Å². The molecule has 3 rings (SSSR count). The maximum atomic E-state index is 10.8. The predicted octanol–water partition coefficient (Wildman–Crippen LogP) is 5.83. The number of allylic oxidation sites excluding steroid dienone is 1. The quantitative estimate of drug-likeness (QED) is 0.302.